The van der Waals surface area contributed by atoms with Gasteiger partial charge in [0.25, 0.3) is 0 Å². The Kier molecular flexibility index (Phi) is 23.2. The molecule has 3 amide bonds. The predicted octanol–water partition coefficient (Wildman–Crippen LogP) is 6.65. The molecule has 1 saturated carbocycles. The third-order valence-electron chi connectivity index (χ3n) is 7.61. The van der Waals surface area contributed by atoms with Crippen LogP contribution < -0.4 is 20.7 Å². The fourth-order valence-corrected chi connectivity index (χ4v) is 4.94. The van der Waals surface area contributed by atoms with Crippen LogP contribution in [0.5, 0.6) is 5.75 Å². The van der Waals surface area contributed by atoms with Gasteiger partial charge in [0, 0.05) is 0 Å². The van der Waals surface area contributed by atoms with Crippen LogP contribution >= 0.6 is 11.6 Å². The lowest BCUT2D eigenvalue weighted by atomic mass is 9.94. The van der Waals surface area contributed by atoms with Crippen LogP contribution in [-0.4, -0.2) is 65.2 Å². The van der Waals surface area contributed by atoms with Gasteiger partial charge in [-0.25, -0.2) is 4.79 Å². The Labute approximate surface area is 304 Å². The number of halogens is 1. The minimum Gasteiger partial charge on any atom is -0.495 e. The van der Waals surface area contributed by atoms with Gasteiger partial charge in [-0.1, -0.05) is 103 Å². The number of allylic oxidation sites excluding steroid dienone is 1. The summed E-state index contributed by atoms with van der Waals surface area (Å²) in [6.45, 7) is 15.4. The Balaban J connectivity index is 0.00000144. The minimum atomic E-state index is -1.11. The third kappa shape index (κ3) is 18.2. The van der Waals surface area contributed by atoms with Crippen molar-refractivity contribution in [2.24, 2.45) is 11.8 Å². The van der Waals surface area contributed by atoms with Gasteiger partial charge in [-0.2, -0.15) is 0 Å². The first-order valence-corrected chi connectivity index (χ1v) is 18.0. The molecule has 0 aromatic heterocycles. The molecular weight excluding hydrogens is 658 g/mol. The van der Waals surface area contributed by atoms with Gasteiger partial charge in [0.05, 0.1) is 24.8 Å². The lowest BCUT2D eigenvalue weighted by molar-refractivity contribution is -0.143. The standard InChI is InChI=1S/C27H39N3O6.C8H9ClO.2C2H6/c1-18(2)15-21(25(34)35)29-26(36)27(13-14-27)30-24(33)17-28-23(32)12-8-7-9-19(3)22(31)16-20-10-5-4-6-11-20;1-6-3-4-8(10-2)7(9)5-6;2*1-2/h4-6,8,10-12,18-19,21-22,31H,7,9,13-17H2,1-3H3,(H,28,32)(H,29,36)(H,30,33)(H,34,35);3-5H,1-2H3;2*1-2H3/b12-8+;;;. The number of aryl methyl sites for hydroxylation is 1. The number of aliphatic hydroxyl groups excluding tert-OH is 1. The van der Waals surface area contributed by atoms with E-state index in [1.807, 2.05) is 104 Å². The highest BCUT2D eigenvalue weighted by Gasteiger charge is 2.51. The maximum Gasteiger partial charge on any atom is 0.326 e. The molecule has 0 radical (unpaired) electrons. The molecule has 3 atom stereocenters. The summed E-state index contributed by atoms with van der Waals surface area (Å²) >= 11 is 5.80. The number of hydrogen-bond acceptors (Lipinski definition) is 6. The molecule has 1 aliphatic rings. The zero-order valence-corrected chi connectivity index (χ0v) is 32.1. The number of hydrogen-bond donors (Lipinski definition) is 5. The van der Waals surface area contributed by atoms with Crippen molar-refractivity contribution >= 4 is 35.3 Å². The molecular formula is C39H60ClN3O7. The Hall–Kier alpha value is -3.89. The highest BCUT2D eigenvalue weighted by atomic mass is 35.5. The van der Waals surface area contributed by atoms with E-state index in [1.165, 1.54) is 6.08 Å². The second-order valence-electron chi connectivity index (χ2n) is 12.2. The quantitative estimate of drug-likeness (QED) is 0.122. The van der Waals surface area contributed by atoms with Gasteiger partial charge in [-0.3, -0.25) is 14.4 Å². The Morgan fingerprint density at radius 2 is 1.62 bits per heavy atom. The fraction of sp³-hybridized carbons (Fsp3) is 0.538. The van der Waals surface area contributed by atoms with E-state index >= 15 is 0 Å². The second-order valence-corrected chi connectivity index (χ2v) is 12.6. The largest absolute Gasteiger partial charge is 0.495 e. The molecule has 1 fully saturated rings. The van der Waals surface area contributed by atoms with E-state index in [0.29, 0.717) is 37.1 Å². The zero-order chi connectivity index (χ0) is 38.3. The molecule has 1 aliphatic carbocycles. The smallest absolute Gasteiger partial charge is 0.326 e. The van der Waals surface area contributed by atoms with E-state index in [0.717, 1.165) is 16.9 Å². The number of carboxylic acids is 1. The number of nitrogens with one attached hydrogen (secondary N) is 3. The number of rotatable bonds is 16. The van der Waals surface area contributed by atoms with Gasteiger partial charge < -0.3 is 30.9 Å². The van der Waals surface area contributed by atoms with Crippen molar-refractivity contribution < 1.29 is 34.1 Å². The molecule has 0 heterocycles. The van der Waals surface area contributed by atoms with Crippen molar-refractivity contribution in [1.29, 1.82) is 0 Å². The van der Waals surface area contributed by atoms with Gasteiger partial charge >= 0.3 is 5.97 Å². The summed E-state index contributed by atoms with van der Waals surface area (Å²) in [5.41, 5.74) is 1.11. The second kappa shape index (κ2) is 25.1. The molecule has 5 N–H and O–H groups in total. The van der Waals surface area contributed by atoms with Crippen molar-refractivity contribution in [3.05, 3.63) is 76.8 Å². The minimum absolute atomic E-state index is 0.0610. The molecule has 0 saturated heterocycles. The number of carbonyl (C=O) groups is 4. The summed E-state index contributed by atoms with van der Waals surface area (Å²) in [5.74, 6) is -1.70. The SMILES string of the molecule is CC.CC.CC(C)CC(NC(=O)C1(NC(=O)CNC(=O)/C=C/CCC(C)C(O)Cc2ccccc2)CC1)C(=O)O.COc1ccc(C)cc1Cl. The molecule has 3 unspecified atom stereocenters. The molecule has 280 valence electrons. The van der Waals surface area contributed by atoms with E-state index in [-0.39, 0.29) is 24.8 Å². The average Bonchev–Trinajstić information content (AvgIpc) is 3.88. The first kappa shape index (κ1) is 46.1. The molecule has 11 heteroatoms. The van der Waals surface area contributed by atoms with Crippen LogP contribution in [-0.2, 0) is 25.6 Å². The number of carboxylic acid groups (broad SMARTS) is 1. The van der Waals surface area contributed by atoms with Crippen LogP contribution in [0, 0.1) is 18.8 Å². The van der Waals surface area contributed by atoms with Crippen molar-refractivity contribution in [1.82, 2.24) is 16.0 Å². The van der Waals surface area contributed by atoms with E-state index in [2.05, 4.69) is 16.0 Å². The zero-order valence-electron chi connectivity index (χ0n) is 31.3. The molecule has 2 aromatic rings. The third-order valence-corrected chi connectivity index (χ3v) is 7.90. The highest BCUT2D eigenvalue weighted by molar-refractivity contribution is 6.32. The van der Waals surface area contributed by atoms with Gasteiger partial charge in [0.1, 0.15) is 17.3 Å². The molecule has 10 nitrogen and oxygen atoms in total. The number of benzene rings is 2. The number of methoxy groups -OCH3 is 1. The normalized spacial score (nSPS) is 14.2. The van der Waals surface area contributed by atoms with Crippen LogP contribution in [0.15, 0.2) is 60.7 Å². The van der Waals surface area contributed by atoms with E-state index in [4.69, 9.17) is 16.3 Å². The Bertz CT molecular complexity index is 1330. The summed E-state index contributed by atoms with van der Waals surface area (Å²) in [6.07, 6.45) is 5.61. The maximum atomic E-state index is 12.6. The van der Waals surface area contributed by atoms with E-state index in [9.17, 15) is 29.4 Å². The summed E-state index contributed by atoms with van der Waals surface area (Å²) in [4.78, 5) is 48.3. The number of ether oxygens (including phenoxy) is 1. The Morgan fingerprint density at radius 3 is 2.14 bits per heavy atom. The van der Waals surface area contributed by atoms with Crippen LogP contribution in [0.1, 0.15) is 91.7 Å². The van der Waals surface area contributed by atoms with Crippen LogP contribution in [0.3, 0.4) is 0 Å². The highest BCUT2D eigenvalue weighted by Crippen LogP contribution is 2.35. The first-order valence-electron chi connectivity index (χ1n) is 17.6. The molecule has 0 bridgehead atoms. The van der Waals surface area contributed by atoms with Gasteiger partial charge in [-0.05, 0) is 86.6 Å². The number of aliphatic hydroxyl groups is 1. The fourth-order valence-electron chi connectivity index (χ4n) is 4.63. The molecule has 0 aliphatic heterocycles. The van der Waals surface area contributed by atoms with Gasteiger partial charge in [0.15, 0.2) is 0 Å². The molecule has 50 heavy (non-hydrogen) atoms. The molecule has 0 spiro atoms. The Morgan fingerprint density at radius 1 is 1.00 bits per heavy atom. The summed E-state index contributed by atoms with van der Waals surface area (Å²) < 4.78 is 4.97. The van der Waals surface area contributed by atoms with Crippen LogP contribution in [0.2, 0.25) is 5.02 Å². The lowest BCUT2D eigenvalue weighted by Gasteiger charge is -2.22. The number of amides is 3. The van der Waals surface area contributed by atoms with Crippen molar-refractivity contribution in [3.8, 4) is 5.75 Å². The van der Waals surface area contributed by atoms with Crippen molar-refractivity contribution in [3.63, 3.8) is 0 Å². The summed E-state index contributed by atoms with van der Waals surface area (Å²) in [5, 5.41) is 28.0. The summed E-state index contributed by atoms with van der Waals surface area (Å²) in [6, 6.07) is 14.5. The lowest BCUT2D eigenvalue weighted by Crippen LogP contribution is -2.55. The molecule has 3 rings (SSSR count). The van der Waals surface area contributed by atoms with Crippen molar-refractivity contribution in [2.75, 3.05) is 13.7 Å². The van der Waals surface area contributed by atoms with Crippen LogP contribution in [0.25, 0.3) is 0 Å². The molecule has 2 aromatic carbocycles. The number of carbonyl (C=O) groups excluding carboxylic acids is 3. The predicted molar refractivity (Wildman–Crippen MR) is 201 cm³/mol. The topological polar surface area (TPSA) is 154 Å². The van der Waals surface area contributed by atoms with Gasteiger partial charge in [-0.15, -0.1) is 0 Å². The maximum absolute atomic E-state index is 12.6. The number of aliphatic carboxylic acids is 1. The average molecular weight is 718 g/mol. The van der Waals surface area contributed by atoms with Crippen molar-refractivity contribution in [2.45, 2.75) is 112 Å². The summed E-state index contributed by atoms with van der Waals surface area (Å²) in [7, 11) is 1.61. The monoisotopic (exact) mass is 717 g/mol. The van der Waals surface area contributed by atoms with E-state index in [1.54, 1.807) is 13.2 Å². The van der Waals surface area contributed by atoms with Crippen LogP contribution in [0.4, 0.5) is 0 Å². The van der Waals surface area contributed by atoms with Gasteiger partial charge in [0.2, 0.25) is 17.7 Å². The first-order chi connectivity index (χ1) is 23.8. The van der Waals surface area contributed by atoms with E-state index < -0.39 is 41.4 Å².